The highest BCUT2D eigenvalue weighted by Crippen LogP contribution is 2.37. The van der Waals surface area contributed by atoms with Gasteiger partial charge in [-0.2, -0.15) is 0 Å². The molecule has 0 spiro atoms. The van der Waals surface area contributed by atoms with Crippen molar-refractivity contribution in [3.8, 4) is 0 Å². The third-order valence-electron chi connectivity index (χ3n) is 3.15. The van der Waals surface area contributed by atoms with Crippen molar-refractivity contribution in [1.82, 2.24) is 4.98 Å². The summed E-state index contributed by atoms with van der Waals surface area (Å²) in [4.78, 5) is 6.65. The van der Waals surface area contributed by atoms with Gasteiger partial charge in [-0.3, -0.25) is 0 Å². The van der Waals surface area contributed by atoms with E-state index in [2.05, 4.69) is 23.7 Å². The number of thiazole rings is 1. The Morgan fingerprint density at radius 2 is 2.50 bits per heavy atom. The van der Waals surface area contributed by atoms with Crippen molar-refractivity contribution >= 4 is 28.1 Å². The topological polar surface area (TPSA) is 16.1 Å². The third kappa shape index (κ3) is 1.89. The molecule has 2 heterocycles. The molecule has 0 N–H and O–H groups in total. The average Bonchev–Trinajstić information content (AvgIpc) is 2.73. The van der Waals surface area contributed by atoms with Crippen LogP contribution in [0.25, 0.3) is 0 Å². The summed E-state index contributed by atoms with van der Waals surface area (Å²) in [5.74, 6) is 0. The SMILES string of the molecule is CCC1(C)CCN(c2nc(Cl)cs2)C1. The minimum Gasteiger partial charge on any atom is -0.347 e. The summed E-state index contributed by atoms with van der Waals surface area (Å²) in [6.07, 6.45) is 2.50. The van der Waals surface area contributed by atoms with Gasteiger partial charge in [0.25, 0.3) is 0 Å². The van der Waals surface area contributed by atoms with E-state index in [4.69, 9.17) is 11.6 Å². The zero-order valence-corrected chi connectivity index (χ0v) is 10.2. The Morgan fingerprint density at radius 1 is 1.71 bits per heavy atom. The summed E-state index contributed by atoms with van der Waals surface area (Å²) in [6.45, 7) is 6.85. The lowest BCUT2D eigenvalue weighted by Crippen LogP contribution is -2.23. The number of aromatic nitrogens is 1. The molecule has 0 amide bonds. The van der Waals surface area contributed by atoms with E-state index >= 15 is 0 Å². The third-order valence-corrected chi connectivity index (χ3v) is 4.37. The Labute approximate surface area is 93.9 Å². The van der Waals surface area contributed by atoms with E-state index in [0.29, 0.717) is 10.6 Å². The van der Waals surface area contributed by atoms with Crippen LogP contribution < -0.4 is 4.90 Å². The maximum Gasteiger partial charge on any atom is 0.186 e. The van der Waals surface area contributed by atoms with Crippen LogP contribution in [0.4, 0.5) is 5.13 Å². The maximum atomic E-state index is 5.82. The Kier molecular flexibility index (Phi) is 2.71. The van der Waals surface area contributed by atoms with Crippen molar-refractivity contribution in [1.29, 1.82) is 0 Å². The molecule has 1 aromatic rings. The first-order valence-electron chi connectivity index (χ1n) is 4.99. The van der Waals surface area contributed by atoms with Crippen LogP contribution in [-0.2, 0) is 0 Å². The summed E-state index contributed by atoms with van der Waals surface area (Å²) >= 11 is 7.46. The average molecular weight is 231 g/mol. The molecular weight excluding hydrogens is 216 g/mol. The lowest BCUT2D eigenvalue weighted by atomic mass is 9.87. The number of nitrogens with zero attached hydrogens (tertiary/aromatic N) is 2. The molecule has 1 saturated heterocycles. The standard InChI is InChI=1S/C10H15ClN2S/c1-3-10(2)4-5-13(7-10)9-12-8(11)6-14-9/h6H,3-5,7H2,1-2H3. The van der Waals surface area contributed by atoms with Gasteiger partial charge in [0.2, 0.25) is 0 Å². The van der Waals surface area contributed by atoms with Gasteiger partial charge in [0.05, 0.1) is 0 Å². The molecule has 4 heteroatoms. The van der Waals surface area contributed by atoms with Crippen LogP contribution in [0.2, 0.25) is 5.15 Å². The van der Waals surface area contributed by atoms with Crippen molar-refractivity contribution in [2.24, 2.45) is 5.41 Å². The van der Waals surface area contributed by atoms with Gasteiger partial charge in [0.1, 0.15) is 5.15 Å². The molecular formula is C10H15ClN2S. The Hall–Kier alpha value is -0.280. The van der Waals surface area contributed by atoms with Crippen LogP contribution >= 0.6 is 22.9 Å². The van der Waals surface area contributed by atoms with E-state index < -0.39 is 0 Å². The van der Waals surface area contributed by atoms with Gasteiger partial charge in [-0.25, -0.2) is 4.98 Å². The van der Waals surface area contributed by atoms with Gasteiger partial charge in [-0.05, 0) is 18.3 Å². The molecule has 0 saturated carbocycles. The van der Waals surface area contributed by atoms with Gasteiger partial charge in [0.15, 0.2) is 5.13 Å². The van der Waals surface area contributed by atoms with Gasteiger partial charge in [-0.15, -0.1) is 11.3 Å². The minimum absolute atomic E-state index is 0.470. The van der Waals surface area contributed by atoms with Crippen LogP contribution in [-0.4, -0.2) is 18.1 Å². The van der Waals surface area contributed by atoms with Crippen LogP contribution in [0.5, 0.6) is 0 Å². The zero-order valence-electron chi connectivity index (χ0n) is 8.59. The molecule has 2 nitrogen and oxygen atoms in total. The number of halogens is 1. The van der Waals surface area contributed by atoms with E-state index in [1.165, 1.54) is 12.8 Å². The highest BCUT2D eigenvalue weighted by atomic mass is 35.5. The lowest BCUT2D eigenvalue weighted by molar-refractivity contribution is 0.355. The molecule has 14 heavy (non-hydrogen) atoms. The predicted molar refractivity (Wildman–Crippen MR) is 62.4 cm³/mol. The predicted octanol–water partition coefficient (Wildman–Crippen LogP) is 3.42. The summed E-state index contributed by atoms with van der Waals surface area (Å²) in [5.41, 5.74) is 0.470. The smallest absolute Gasteiger partial charge is 0.186 e. The van der Waals surface area contributed by atoms with Gasteiger partial charge >= 0.3 is 0 Å². The van der Waals surface area contributed by atoms with Crippen molar-refractivity contribution in [2.45, 2.75) is 26.7 Å². The van der Waals surface area contributed by atoms with E-state index in [9.17, 15) is 0 Å². The molecule has 1 atom stereocenters. The fraction of sp³-hybridized carbons (Fsp3) is 0.700. The lowest BCUT2D eigenvalue weighted by Gasteiger charge is -2.22. The van der Waals surface area contributed by atoms with E-state index in [-0.39, 0.29) is 0 Å². The van der Waals surface area contributed by atoms with Gasteiger partial charge in [-0.1, -0.05) is 25.4 Å². The Bertz CT molecular complexity index is 326. The molecule has 0 aliphatic carbocycles. The van der Waals surface area contributed by atoms with Crippen molar-refractivity contribution < 1.29 is 0 Å². The van der Waals surface area contributed by atoms with Crippen molar-refractivity contribution in [3.05, 3.63) is 10.5 Å². The van der Waals surface area contributed by atoms with Crippen molar-refractivity contribution in [2.75, 3.05) is 18.0 Å². The molecule has 1 fully saturated rings. The highest BCUT2D eigenvalue weighted by molar-refractivity contribution is 7.14. The molecule has 2 rings (SSSR count). The second kappa shape index (κ2) is 3.70. The molecule has 0 aromatic carbocycles. The van der Waals surface area contributed by atoms with Crippen LogP contribution in [0.15, 0.2) is 5.38 Å². The van der Waals surface area contributed by atoms with Gasteiger partial charge in [0, 0.05) is 18.5 Å². The minimum atomic E-state index is 0.470. The largest absolute Gasteiger partial charge is 0.347 e. The first-order chi connectivity index (χ1) is 6.63. The second-order valence-corrected chi connectivity index (χ2v) is 5.51. The fourth-order valence-corrected chi connectivity index (χ4v) is 2.84. The van der Waals surface area contributed by atoms with E-state index in [0.717, 1.165) is 18.2 Å². The molecule has 1 aromatic heterocycles. The number of hydrogen-bond donors (Lipinski definition) is 0. The number of hydrogen-bond acceptors (Lipinski definition) is 3. The van der Waals surface area contributed by atoms with Gasteiger partial charge < -0.3 is 4.90 Å². The van der Waals surface area contributed by atoms with E-state index in [1.54, 1.807) is 11.3 Å². The number of rotatable bonds is 2. The molecule has 1 unspecified atom stereocenters. The Morgan fingerprint density at radius 3 is 3.00 bits per heavy atom. The summed E-state index contributed by atoms with van der Waals surface area (Å²) in [5, 5.41) is 3.60. The van der Waals surface area contributed by atoms with Crippen molar-refractivity contribution in [3.63, 3.8) is 0 Å². The summed E-state index contributed by atoms with van der Waals surface area (Å²) in [6, 6.07) is 0. The first-order valence-corrected chi connectivity index (χ1v) is 6.25. The highest BCUT2D eigenvalue weighted by Gasteiger charge is 2.33. The first kappa shape index (κ1) is 10.2. The molecule has 78 valence electrons. The molecule has 1 aliphatic rings. The number of anilines is 1. The maximum absolute atomic E-state index is 5.82. The zero-order chi connectivity index (χ0) is 10.2. The monoisotopic (exact) mass is 230 g/mol. The summed E-state index contributed by atoms with van der Waals surface area (Å²) < 4.78 is 0. The molecule has 1 aliphatic heterocycles. The second-order valence-electron chi connectivity index (χ2n) is 4.29. The molecule has 0 radical (unpaired) electrons. The quantitative estimate of drug-likeness (QED) is 0.774. The van der Waals surface area contributed by atoms with E-state index in [1.807, 2.05) is 5.38 Å². The van der Waals surface area contributed by atoms with Crippen LogP contribution in [0.3, 0.4) is 0 Å². The summed E-state index contributed by atoms with van der Waals surface area (Å²) in [7, 11) is 0. The Balaban J connectivity index is 2.09. The molecule has 0 bridgehead atoms. The van der Waals surface area contributed by atoms with Crippen LogP contribution in [0, 0.1) is 5.41 Å². The fourth-order valence-electron chi connectivity index (χ4n) is 1.87. The van der Waals surface area contributed by atoms with Crippen LogP contribution in [0.1, 0.15) is 26.7 Å². The normalized spacial score (nSPS) is 27.2.